The summed E-state index contributed by atoms with van der Waals surface area (Å²) in [7, 11) is 0. The van der Waals surface area contributed by atoms with Crippen LogP contribution >= 0.6 is 0 Å². The van der Waals surface area contributed by atoms with Gasteiger partial charge in [-0.15, -0.1) is 0 Å². The first-order chi connectivity index (χ1) is 9.33. The molecule has 2 rings (SSSR count). The van der Waals surface area contributed by atoms with Gasteiger partial charge in [0.25, 0.3) is 0 Å². The molecule has 1 N–H and O–H groups in total. The van der Waals surface area contributed by atoms with Crippen LogP contribution in [0.2, 0.25) is 0 Å². The zero-order valence-corrected chi connectivity index (χ0v) is 10.8. The third-order valence-corrected chi connectivity index (χ3v) is 2.00. The van der Waals surface area contributed by atoms with Gasteiger partial charge >= 0.3 is 6.09 Å². The first-order valence-electron chi connectivity index (χ1n) is 5.97. The van der Waals surface area contributed by atoms with Crippen molar-refractivity contribution in [1.29, 1.82) is 0 Å². The van der Waals surface area contributed by atoms with E-state index in [9.17, 15) is 4.79 Å². The number of hydrogen-bond donors (Lipinski definition) is 1. The molecule has 1 amide bonds. The van der Waals surface area contributed by atoms with Crippen molar-refractivity contribution in [3.05, 3.63) is 60.7 Å². The van der Waals surface area contributed by atoms with Crippen LogP contribution in [0.5, 0.6) is 0 Å². The molecule has 0 fully saturated rings. The molecule has 100 valence electrons. The first kappa shape index (κ1) is 14.6. The molecule has 5 nitrogen and oxygen atoms in total. The Labute approximate surface area is 112 Å². The van der Waals surface area contributed by atoms with E-state index in [0.29, 0.717) is 13.2 Å². The Morgan fingerprint density at radius 2 is 1.89 bits per heavy atom. The second-order valence-corrected chi connectivity index (χ2v) is 3.46. The van der Waals surface area contributed by atoms with Gasteiger partial charge in [-0.05, 0) is 30.7 Å². The van der Waals surface area contributed by atoms with Crippen LogP contribution in [0.4, 0.5) is 4.79 Å². The van der Waals surface area contributed by atoms with E-state index in [-0.39, 0.29) is 0 Å². The summed E-state index contributed by atoms with van der Waals surface area (Å²) in [6.07, 6.45) is 6.49. The summed E-state index contributed by atoms with van der Waals surface area (Å²) in [5.41, 5.74) is 0.954. The maximum absolute atomic E-state index is 10.9. The number of hydrogen-bond acceptors (Lipinski definition) is 4. The van der Waals surface area contributed by atoms with E-state index in [1.165, 1.54) is 0 Å². The van der Waals surface area contributed by atoms with Gasteiger partial charge in [0.1, 0.15) is 0 Å². The second kappa shape index (κ2) is 9.58. The Morgan fingerprint density at radius 1 is 1.16 bits per heavy atom. The van der Waals surface area contributed by atoms with Crippen LogP contribution < -0.4 is 5.32 Å². The van der Waals surface area contributed by atoms with E-state index < -0.39 is 6.09 Å². The van der Waals surface area contributed by atoms with E-state index in [4.69, 9.17) is 4.74 Å². The van der Waals surface area contributed by atoms with Gasteiger partial charge < -0.3 is 10.1 Å². The molecular weight excluding hydrogens is 242 g/mol. The largest absolute Gasteiger partial charge is 0.450 e. The maximum Gasteiger partial charge on any atom is 0.407 e. The molecule has 0 spiro atoms. The number of alkyl carbamates (subject to hydrolysis) is 1. The second-order valence-electron chi connectivity index (χ2n) is 3.46. The fourth-order valence-electron chi connectivity index (χ4n) is 1.17. The molecular formula is C14H17N3O2. The zero-order chi connectivity index (χ0) is 13.8. The highest BCUT2D eigenvalue weighted by Gasteiger charge is 1.98. The number of nitrogens with one attached hydrogen (secondary N) is 1. The van der Waals surface area contributed by atoms with Gasteiger partial charge in [0.2, 0.25) is 0 Å². The Bertz CT molecular complexity index is 422. The number of carbonyl (C=O) groups is 1. The molecule has 0 aliphatic heterocycles. The molecule has 0 saturated carbocycles. The Balaban J connectivity index is 0.000000250. The lowest BCUT2D eigenvalue weighted by molar-refractivity contribution is 0.151. The molecule has 19 heavy (non-hydrogen) atoms. The topological polar surface area (TPSA) is 64.1 Å². The molecule has 0 bridgehead atoms. The first-order valence-corrected chi connectivity index (χ1v) is 5.97. The Morgan fingerprint density at radius 3 is 2.37 bits per heavy atom. The predicted molar refractivity (Wildman–Crippen MR) is 72.3 cm³/mol. The highest BCUT2D eigenvalue weighted by Crippen LogP contribution is 1.94. The average molecular weight is 259 g/mol. The van der Waals surface area contributed by atoms with Gasteiger partial charge in [0.05, 0.1) is 6.61 Å². The third kappa shape index (κ3) is 7.49. The average Bonchev–Trinajstić information content (AvgIpc) is 2.49. The quantitative estimate of drug-likeness (QED) is 0.919. The predicted octanol–water partition coefficient (Wildman–Crippen LogP) is 2.41. The fraction of sp³-hybridized carbons (Fsp3) is 0.214. The maximum atomic E-state index is 10.9. The molecule has 0 saturated heterocycles. The smallest absolute Gasteiger partial charge is 0.407 e. The molecule has 0 radical (unpaired) electrons. The van der Waals surface area contributed by atoms with E-state index in [0.717, 1.165) is 5.56 Å². The number of aromatic nitrogens is 2. The third-order valence-electron chi connectivity index (χ3n) is 2.00. The van der Waals surface area contributed by atoms with Crippen LogP contribution in [-0.2, 0) is 11.3 Å². The number of ether oxygens (including phenoxy) is 1. The highest BCUT2D eigenvalue weighted by atomic mass is 16.5. The van der Waals surface area contributed by atoms with Crippen molar-refractivity contribution in [3.63, 3.8) is 0 Å². The van der Waals surface area contributed by atoms with Gasteiger partial charge in [-0.25, -0.2) is 4.79 Å². The van der Waals surface area contributed by atoms with Gasteiger partial charge in [-0.3, -0.25) is 9.97 Å². The van der Waals surface area contributed by atoms with Crippen LogP contribution in [0, 0.1) is 0 Å². The summed E-state index contributed by atoms with van der Waals surface area (Å²) in [4.78, 5) is 18.6. The van der Waals surface area contributed by atoms with Crippen molar-refractivity contribution in [3.8, 4) is 0 Å². The van der Waals surface area contributed by atoms with Crippen molar-refractivity contribution in [2.24, 2.45) is 0 Å². The summed E-state index contributed by atoms with van der Waals surface area (Å²) in [5.74, 6) is 0. The summed E-state index contributed by atoms with van der Waals surface area (Å²) < 4.78 is 4.69. The monoisotopic (exact) mass is 259 g/mol. The molecule has 0 aromatic carbocycles. The van der Waals surface area contributed by atoms with Gasteiger partial charge in [-0.1, -0.05) is 12.1 Å². The van der Waals surface area contributed by atoms with Crippen molar-refractivity contribution >= 4 is 6.09 Å². The molecule has 2 aromatic rings. The normalized spacial score (nSPS) is 8.89. The van der Waals surface area contributed by atoms with Gasteiger partial charge in [0, 0.05) is 31.3 Å². The van der Waals surface area contributed by atoms with Crippen molar-refractivity contribution in [2.45, 2.75) is 13.5 Å². The molecule has 0 unspecified atom stereocenters. The lowest BCUT2D eigenvalue weighted by atomic mass is 10.3. The Hall–Kier alpha value is -2.43. The van der Waals surface area contributed by atoms with Crippen molar-refractivity contribution in [1.82, 2.24) is 15.3 Å². The molecule has 5 heteroatoms. The summed E-state index contributed by atoms with van der Waals surface area (Å²) >= 11 is 0. The molecule has 0 atom stereocenters. The van der Waals surface area contributed by atoms with Crippen LogP contribution in [0.3, 0.4) is 0 Å². The van der Waals surface area contributed by atoms with Crippen molar-refractivity contribution in [2.75, 3.05) is 6.61 Å². The summed E-state index contributed by atoms with van der Waals surface area (Å²) in [5, 5.41) is 2.60. The standard InChI is InChI=1S/C9H12N2O2.C5H5N/c1-2-13-9(12)11-7-8-4-3-5-10-6-8;1-2-4-6-5-3-1/h3-6H,2,7H2,1H3,(H,11,12);1-5H. The Kier molecular flexibility index (Phi) is 7.38. The summed E-state index contributed by atoms with van der Waals surface area (Å²) in [6, 6.07) is 9.42. The van der Waals surface area contributed by atoms with Gasteiger partial charge in [-0.2, -0.15) is 0 Å². The van der Waals surface area contributed by atoms with Crippen LogP contribution in [-0.4, -0.2) is 22.7 Å². The molecule has 2 heterocycles. The van der Waals surface area contributed by atoms with Crippen LogP contribution in [0.15, 0.2) is 55.1 Å². The number of amides is 1. The SMILES string of the molecule is CCOC(=O)NCc1cccnc1.c1ccncc1. The van der Waals surface area contributed by atoms with E-state index in [2.05, 4.69) is 15.3 Å². The lowest BCUT2D eigenvalue weighted by Gasteiger charge is -2.03. The number of rotatable bonds is 3. The zero-order valence-electron chi connectivity index (χ0n) is 10.8. The number of carbonyl (C=O) groups excluding carboxylic acids is 1. The minimum Gasteiger partial charge on any atom is -0.450 e. The lowest BCUT2D eigenvalue weighted by Crippen LogP contribution is -2.23. The van der Waals surface area contributed by atoms with Crippen LogP contribution in [0.1, 0.15) is 12.5 Å². The summed E-state index contributed by atoms with van der Waals surface area (Å²) in [6.45, 7) is 2.61. The van der Waals surface area contributed by atoms with Crippen LogP contribution in [0.25, 0.3) is 0 Å². The molecule has 0 aliphatic carbocycles. The van der Waals surface area contributed by atoms with E-state index >= 15 is 0 Å². The van der Waals surface area contributed by atoms with Gasteiger partial charge in [0.15, 0.2) is 0 Å². The highest BCUT2D eigenvalue weighted by molar-refractivity contribution is 5.67. The molecule has 0 aliphatic rings. The minimum atomic E-state index is -0.397. The van der Waals surface area contributed by atoms with E-state index in [1.807, 2.05) is 30.3 Å². The molecule has 2 aromatic heterocycles. The fourth-order valence-corrected chi connectivity index (χ4v) is 1.17. The minimum absolute atomic E-state index is 0.388. The number of pyridine rings is 2. The van der Waals surface area contributed by atoms with E-state index in [1.54, 1.807) is 31.7 Å². The number of nitrogens with zero attached hydrogens (tertiary/aromatic N) is 2. The van der Waals surface area contributed by atoms with Crippen molar-refractivity contribution < 1.29 is 9.53 Å².